The molecule has 30 heavy (non-hydrogen) atoms. The van der Waals surface area contributed by atoms with Gasteiger partial charge in [0.1, 0.15) is 17.9 Å². The van der Waals surface area contributed by atoms with Crippen molar-refractivity contribution in [3.05, 3.63) is 65.9 Å². The van der Waals surface area contributed by atoms with Crippen LogP contribution in [0.2, 0.25) is 0 Å². The van der Waals surface area contributed by atoms with E-state index in [4.69, 9.17) is 9.15 Å². The molecule has 1 aromatic heterocycles. The van der Waals surface area contributed by atoms with Crippen LogP contribution < -0.4 is 10.1 Å². The van der Waals surface area contributed by atoms with Crippen LogP contribution in [-0.2, 0) is 11.4 Å². The van der Waals surface area contributed by atoms with Gasteiger partial charge in [-0.2, -0.15) is 0 Å². The summed E-state index contributed by atoms with van der Waals surface area (Å²) in [5, 5.41) is 3.77. The molecule has 0 unspecified atom stereocenters. The van der Waals surface area contributed by atoms with E-state index >= 15 is 0 Å². The zero-order chi connectivity index (χ0) is 20.9. The van der Waals surface area contributed by atoms with Crippen molar-refractivity contribution in [1.29, 1.82) is 0 Å². The Bertz CT molecular complexity index is 1020. The third-order valence-electron chi connectivity index (χ3n) is 5.56. The number of hydrogen-bond acceptors (Lipinski definition) is 4. The first-order valence-corrected chi connectivity index (χ1v) is 10.3. The van der Waals surface area contributed by atoms with E-state index in [1.807, 2.05) is 59.5 Å². The largest absolute Gasteiger partial charge is 0.489 e. The molecule has 1 fully saturated rings. The Labute approximate surface area is 175 Å². The molecule has 0 aliphatic carbocycles. The standard InChI is InChI=1S/C24H26N2O4/c1-17(27)25-15-18-11-13-26(14-12-18)24(28)23-21(16-29-19-7-3-2-4-8-19)20-9-5-6-10-22(20)30-23/h2-10,18H,11-16H2,1H3,(H,25,27). The summed E-state index contributed by atoms with van der Waals surface area (Å²) in [7, 11) is 0. The molecule has 3 aromatic rings. The topological polar surface area (TPSA) is 71.8 Å². The number of hydrogen-bond donors (Lipinski definition) is 1. The fraction of sp³-hybridized carbons (Fsp3) is 0.333. The second kappa shape index (κ2) is 9.03. The number of fused-ring (bicyclic) bond motifs is 1. The van der Waals surface area contributed by atoms with Gasteiger partial charge in [0.05, 0.1) is 0 Å². The third kappa shape index (κ3) is 4.48. The molecule has 0 saturated carbocycles. The van der Waals surface area contributed by atoms with Gasteiger partial charge in [-0.1, -0.05) is 36.4 Å². The number of benzene rings is 2. The number of amides is 2. The molecule has 0 bridgehead atoms. The molecule has 2 heterocycles. The van der Waals surface area contributed by atoms with E-state index < -0.39 is 0 Å². The number of likely N-dealkylation sites (tertiary alicyclic amines) is 1. The Morgan fingerprint density at radius 2 is 1.77 bits per heavy atom. The minimum Gasteiger partial charge on any atom is -0.489 e. The molecule has 1 aliphatic rings. The van der Waals surface area contributed by atoms with Gasteiger partial charge in [-0.05, 0) is 37.0 Å². The molecule has 0 atom stereocenters. The third-order valence-corrected chi connectivity index (χ3v) is 5.56. The van der Waals surface area contributed by atoms with Crippen molar-refractivity contribution in [2.75, 3.05) is 19.6 Å². The van der Waals surface area contributed by atoms with E-state index in [0.29, 0.717) is 36.9 Å². The predicted octanol–water partition coefficient (Wildman–Crippen LogP) is 4.00. The number of nitrogens with one attached hydrogen (secondary N) is 1. The first-order chi connectivity index (χ1) is 14.6. The van der Waals surface area contributed by atoms with Crippen molar-refractivity contribution < 1.29 is 18.7 Å². The summed E-state index contributed by atoms with van der Waals surface area (Å²) < 4.78 is 11.9. The molecule has 4 rings (SSSR count). The van der Waals surface area contributed by atoms with E-state index in [9.17, 15) is 9.59 Å². The maximum atomic E-state index is 13.3. The van der Waals surface area contributed by atoms with Crippen LogP contribution in [0, 0.1) is 5.92 Å². The summed E-state index contributed by atoms with van der Waals surface area (Å²) in [6.07, 6.45) is 1.73. The van der Waals surface area contributed by atoms with E-state index in [-0.39, 0.29) is 18.4 Å². The number of para-hydroxylation sites is 2. The van der Waals surface area contributed by atoms with Gasteiger partial charge in [-0.15, -0.1) is 0 Å². The Hall–Kier alpha value is -3.28. The highest BCUT2D eigenvalue weighted by atomic mass is 16.5. The molecule has 156 valence electrons. The minimum absolute atomic E-state index is 0.0150. The zero-order valence-corrected chi connectivity index (χ0v) is 17.1. The summed E-state index contributed by atoms with van der Waals surface area (Å²) in [5.74, 6) is 1.39. The lowest BCUT2D eigenvalue weighted by Gasteiger charge is -2.31. The van der Waals surface area contributed by atoms with Crippen LogP contribution in [0.25, 0.3) is 11.0 Å². The number of carbonyl (C=O) groups is 2. The Balaban J connectivity index is 1.50. The Morgan fingerprint density at radius 1 is 1.07 bits per heavy atom. The van der Waals surface area contributed by atoms with Crippen LogP contribution in [0.1, 0.15) is 35.9 Å². The molecule has 6 nitrogen and oxygen atoms in total. The number of carbonyl (C=O) groups excluding carboxylic acids is 2. The molecule has 1 aliphatic heterocycles. The summed E-state index contributed by atoms with van der Waals surface area (Å²) in [6, 6.07) is 17.2. The van der Waals surface area contributed by atoms with Gasteiger partial charge in [0.25, 0.3) is 5.91 Å². The summed E-state index contributed by atoms with van der Waals surface area (Å²) in [5.41, 5.74) is 1.47. The number of furan rings is 1. The molecular weight excluding hydrogens is 380 g/mol. The summed E-state index contributed by atoms with van der Waals surface area (Å²) in [6.45, 7) is 3.76. The highest BCUT2D eigenvalue weighted by Crippen LogP contribution is 2.29. The van der Waals surface area contributed by atoms with Crippen LogP contribution in [0.3, 0.4) is 0 Å². The van der Waals surface area contributed by atoms with Gasteiger partial charge >= 0.3 is 0 Å². The van der Waals surface area contributed by atoms with Crippen molar-refractivity contribution in [2.24, 2.45) is 5.92 Å². The SMILES string of the molecule is CC(=O)NCC1CCN(C(=O)c2oc3ccccc3c2COc2ccccc2)CC1. The molecule has 0 spiro atoms. The molecule has 1 saturated heterocycles. The molecular formula is C24H26N2O4. The maximum absolute atomic E-state index is 13.3. The van der Waals surface area contributed by atoms with Crippen LogP contribution in [0.4, 0.5) is 0 Å². The minimum atomic E-state index is -0.101. The number of piperidine rings is 1. The van der Waals surface area contributed by atoms with Gasteiger partial charge in [-0.3, -0.25) is 9.59 Å². The fourth-order valence-corrected chi connectivity index (χ4v) is 3.86. The monoisotopic (exact) mass is 406 g/mol. The normalized spacial score (nSPS) is 14.6. The molecule has 2 aromatic carbocycles. The van der Waals surface area contributed by atoms with Gasteiger partial charge in [0.2, 0.25) is 5.91 Å². The second-order valence-corrected chi connectivity index (χ2v) is 7.68. The second-order valence-electron chi connectivity index (χ2n) is 7.68. The molecule has 2 amide bonds. The van der Waals surface area contributed by atoms with Crippen molar-refractivity contribution in [3.63, 3.8) is 0 Å². The van der Waals surface area contributed by atoms with Crippen molar-refractivity contribution >= 4 is 22.8 Å². The van der Waals surface area contributed by atoms with Crippen LogP contribution in [-0.4, -0.2) is 36.3 Å². The lowest BCUT2D eigenvalue weighted by atomic mass is 9.96. The summed E-state index contributed by atoms with van der Waals surface area (Å²) >= 11 is 0. The summed E-state index contributed by atoms with van der Waals surface area (Å²) in [4.78, 5) is 26.3. The van der Waals surface area contributed by atoms with Gasteiger partial charge < -0.3 is 19.4 Å². The van der Waals surface area contributed by atoms with E-state index in [0.717, 1.165) is 29.5 Å². The van der Waals surface area contributed by atoms with E-state index in [1.54, 1.807) is 0 Å². The quantitative estimate of drug-likeness (QED) is 0.672. The molecule has 0 radical (unpaired) electrons. The lowest BCUT2D eigenvalue weighted by Crippen LogP contribution is -2.41. The van der Waals surface area contributed by atoms with Gasteiger partial charge in [-0.25, -0.2) is 0 Å². The highest BCUT2D eigenvalue weighted by Gasteiger charge is 2.29. The molecule has 1 N–H and O–H groups in total. The molecule has 6 heteroatoms. The fourth-order valence-electron chi connectivity index (χ4n) is 3.86. The smallest absolute Gasteiger partial charge is 0.290 e. The lowest BCUT2D eigenvalue weighted by molar-refractivity contribution is -0.119. The van der Waals surface area contributed by atoms with E-state index in [2.05, 4.69) is 5.32 Å². The van der Waals surface area contributed by atoms with Gasteiger partial charge in [0, 0.05) is 37.5 Å². The first kappa shape index (κ1) is 20.0. The predicted molar refractivity (Wildman–Crippen MR) is 114 cm³/mol. The zero-order valence-electron chi connectivity index (χ0n) is 17.1. The van der Waals surface area contributed by atoms with Crippen molar-refractivity contribution in [2.45, 2.75) is 26.4 Å². The Kier molecular flexibility index (Phi) is 6.02. The van der Waals surface area contributed by atoms with Crippen LogP contribution >= 0.6 is 0 Å². The van der Waals surface area contributed by atoms with Crippen molar-refractivity contribution in [3.8, 4) is 5.75 Å². The number of rotatable bonds is 6. The van der Waals surface area contributed by atoms with Gasteiger partial charge in [0.15, 0.2) is 5.76 Å². The Morgan fingerprint density at radius 3 is 2.50 bits per heavy atom. The highest BCUT2D eigenvalue weighted by molar-refractivity contribution is 5.99. The average molecular weight is 406 g/mol. The maximum Gasteiger partial charge on any atom is 0.290 e. The number of nitrogens with zero attached hydrogens (tertiary/aromatic N) is 1. The van der Waals surface area contributed by atoms with E-state index in [1.165, 1.54) is 6.92 Å². The average Bonchev–Trinajstić information content (AvgIpc) is 3.15. The number of ether oxygens (including phenoxy) is 1. The van der Waals surface area contributed by atoms with Crippen molar-refractivity contribution in [1.82, 2.24) is 10.2 Å². The first-order valence-electron chi connectivity index (χ1n) is 10.3. The van der Waals surface area contributed by atoms with Crippen LogP contribution in [0.5, 0.6) is 5.75 Å². The van der Waals surface area contributed by atoms with Crippen LogP contribution in [0.15, 0.2) is 59.0 Å².